The summed E-state index contributed by atoms with van der Waals surface area (Å²) in [4.78, 5) is 73.3. The summed E-state index contributed by atoms with van der Waals surface area (Å²) in [7, 11) is -9.93. The molecular weight excluding hydrogens is 1390 g/mol. The maximum Gasteiger partial charge on any atom is 0.472 e. The molecule has 0 aliphatic rings. The summed E-state index contributed by atoms with van der Waals surface area (Å²) in [5, 5.41) is 10.7. The first-order chi connectivity index (χ1) is 51.9. The number of carbonyl (C=O) groups excluding carboxylic acids is 4. The molecule has 2 unspecified atom stereocenters. The number of ether oxygens (including phenoxy) is 4. The summed E-state index contributed by atoms with van der Waals surface area (Å²) in [5.41, 5.74) is 0. The highest BCUT2D eigenvalue weighted by atomic mass is 31.2. The van der Waals surface area contributed by atoms with E-state index in [0.717, 1.165) is 102 Å². The second kappa shape index (κ2) is 79.3. The summed E-state index contributed by atoms with van der Waals surface area (Å²) in [6.45, 7) is 9.66. The molecule has 0 bridgehead atoms. The highest BCUT2D eigenvalue weighted by Crippen LogP contribution is 2.45. The largest absolute Gasteiger partial charge is 0.472 e. The van der Waals surface area contributed by atoms with Gasteiger partial charge in [-0.25, -0.2) is 9.13 Å². The van der Waals surface area contributed by atoms with Crippen molar-refractivity contribution in [3.8, 4) is 0 Å². The van der Waals surface area contributed by atoms with E-state index in [-0.39, 0.29) is 25.7 Å². The molecule has 3 N–H and O–H groups in total. The molecule has 0 aromatic carbocycles. The van der Waals surface area contributed by atoms with Crippen molar-refractivity contribution in [2.45, 2.75) is 490 Å². The molecule has 107 heavy (non-hydrogen) atoms. The van der Waals surface area contributed by atoms with Crippen molar-refractivity contribution >= 4 is 39.5 Å². The summed E-state index contributed by atoms with van der Waals surface area (Å²) >= 11 is 0. The third-order valence-corrected chi connectivity index (χ3v) is 22.6. The number of phosphoric acid groups is 2. The van der Waals surface area contributed by atoms with Crippen LogP contribution < -0.4 is 0 Å². The number of aliphatic hydroxyl groups excluding tert-OH is 1. The number of carbonyl (C=O) groups is 4. The maximum atomic E-state index is 13.2. The molecule has 0 aromatic heterocycles. The minimum atomic E-state index is -4.97. The molecule has 19 heteroatoms. The van der Waals surface area contributed by atoms with Gasteiger partial charge >= 0.3 is 39.5 Å². The Morgan fingerprint density at radius 2 is 0.430 bits per heavy atom. The maximum absolute atomic E-state index is 13.2. The van der Waals surface area contributed by atoms with Gasteiger partial charge in [-0.15, -0.1) is 0 Å². The first kappa shape index (κ1) is 105. The zero-order chi connectivity index (χ0) is 78.5. The molecule has 0 rings (SSSR count). The number of aliphatic hydroxyl groups is 1. The topological polar surface area (TPSA) is 237 Å². The zero-order valence-electron chi connectivity index (χ0n) is 70.5. The average molecular weight is 1560 g/mol. The molecule has 0 fully saturated rings. The molecule has 0 spiro atoms. The van der Waals surface area contributed by atoms with Crippen LogP contribution in [0.3, 0.4) is 0 Å². The van der Waals surface area contributed by atoms with Crippen LogP contribution in [0.1, 0.15) is 472 Å². The molecule has 0 radical (unpaired) electrons. The monoisotopic (exact) mass is 1560 g/mol. The van der Waals surface area contributed by atoms with Crippen LogP contribution in [0, 0.1) is 11.8 Å². The highest BCUT2D eigenvalue weighted by molar-refractivity contribution is 7.47. The van der Waals surface area contributed by atoms with Gasteiger partial charge in [0.25, 0.3) is 0 Å². The lowest BCUT2D eigenvalue weighted by atomic mass is 10.0. The van der Waals surface area contributed by atoms with Crippen LogP contribution in [0.25, 0.3) is 0 Å². The van der Waals surface area contributed by atoms with Crippen LogP contribution >= 0.6 is 15.6 Å². The first-order valence-electron chi connectivity index (χ1n) is 45.5. The number of unbranched alkanes of at least 4 members (excludes halogenated alkanes) is 57. The van der Waals surface area contributed by atoms with E-state index < -0.39 is 97.5 Å². The molecule has 0 saturated heterocycles. The van der Waals surface area contributed by atoms with Gasteiger partial charge in [0, 0.05) is 25.7 Å². The normalized spacial score (nSPS) is 13.8. The van der Waals surface area contributed by atoms with Crippen LogP contribution in [0.15, 0.2) is 0 Å². The van der Waals surface area contributed by atoms with E-state index in [0.29, 0.717) is 31.6 Å². The number of hydrogen-bond acceptors (Lipinski definition) is 15. The van der Waals surface area contributed by atoms with E-state index in [9.17, 15) is 43.2 Å². The fourth-order valence-electron chi connectivity index (χ4n) is 13.8. The van der Waals surface area contributed by atoms with Gasteiger partial charge in [-0.3, -0.25) is 37.3 Å². The van der Waals surface area contributed by atoms with E-state index in [1.54, 1.807) is 0 Å². The Labute approximate surface area is 658 Å². The number of rotatable bonds is 87. The quantitative estimate of drug-likeness (QED) is 0.0222. The van der Waals surface area contributed by atoms with Gasteiger partial charge in [-0.1, -0.05) is 420 Å². The van der Waals surface area contributed by atoms with Gasteiger partial charge in [0.1, 0.15) is 19.3 Å². The van der Waals surface area contributed by atoms with Crippen molar-refractivity contribution in [2.24, 2.45) is 11.8 Å². The van der Waals surface area contributed by atoms with Gasteiger partial charge < -0.3 is 33.8 Å². The smallest absolute Gasteiger partial charge is 0.462 e. The number of esters is 4. The standard InChI is InChI=1S/C88H172O17P2/c1-7-9-11-13-15-17-19-21-23-25-27-29-34-38-42-46-52-58-64-70-85(90)98-76-83(104-87(92)72-67-61-54-48-44-40-36-32-31-33-37-41-45-50-56-62-68-80(3)4)78-102-106(94,95)100-74-82(89)75-101-107(96,97)103-79-84(77-99-86(91)71-65-59-55-49-51-57-63-69-81(5)6)105-88(93)73-66-60-53-47-43-39-35-30-28-26-24-22-20-18-16-14-12-10-8-2/h80-84,89H,7-79H2,1-6H3,(H,94,95)(H,96,97)/t82-,83-,84-/m1/s1. The minimum absolute atomic E-state index is 0.108. The van der Waals surface area contributed by atoms with Gasteiger partial charge in [0.15, 0.2) is 12.2 Å². The van der Waals surface area contributed by atoms with Crippen molar-refractivity contribution in [1.82, 2.24) is 0 Å². The number of hydrogen-bond donors (Lipinski definition) is 3. The fourth-order valence-corrected chi connectivity index (χ4v) is 15.4. The van der Waals surface area contributed by atoms with Crippen molar-refractivity contribution in [1.29, 1.82) is 0 Å². The molecule has 0 aliphatic carbocycles. The zero-order valence-corrected chi connectivity index (χ0v) is 72.2. The lowest BCUT2D eigenvalue weighted by molar-refractivity contribution is -0.161. The van der Waals surface area contributed by atoms with Gasteiger partial charge in [0.2, 0.25) is 0 Å². The summed E-state index contributed by atoms with van der Waals surface area (Å²) in [6, 6.07) is 0. The molecule has 0 aliphatic heterocycles. The van der Waals surface area contributed by atoms with E-state index in [2.05, 4.69) is 41.5 Å². The third kappa shape index (κ3) is 81.9. The van der Waals surface area contributed by atoms with Crippen molar-refractivity contribution in [3.63, 3.8) is 0 Å². The lowest BCUT2D eigenvalue weighted by Gasteiger charge is -2.21. The van der Waals surface area contributed by atoms with E-state index in [4.69, 9.17) is 37.0 Å². The van der Waals surface area contributed by atoms with E-state index >= 15 is 0 Å². The fraction of sp³-hybridized carbons (Fsp3) is 0.955. The molecule has 0 heterocycles. The van der Waals surface area contributed by atoms with Crippen LogP contribution in [-0.2, 0) is 65.4 Å². The predicted octanol–water partition coefficient (Wildman–Crippen LogP) is 27.0. The van der Waals surface area contributed by atoms with Gasteiger partial charge in [-0.05, 0) is 37.5 Å². The Bertz CT molecular complexity index is 2050. The summed E-state index contributed by atoms with van der Waals surface area (Å²) < 4.78 is 69.0. The Balaban J connectivity index is 5.22. The Morgan fingerprint density at radius 3 is 0.636 bits per heavy atom. The minimum Gasteiger partial charge on any atom is -0.462 e. The molecule has 0 amide bonds. The van der Waals surface area contributed by atoms with Crippen LogP contribution in [0.5, 0.6) is 0 Å². The Hall–Kier alpha value is -1.94. The molecule has 0 saturated carbocycles. The molecule has 17 nitrogen and oxygen atoms in total. The Kier molecular flexibility index (Phi) is 77.9. The molecule has 5 atom stereocenters. The van der Waals surface area contributed by atoms with Crippen LogP contribution in [0.4, 0.5) is 0 Å². The second-order valence-corrected chi connectivity index (χ2v) is 35.5. The van der Waals surface area contributed by atoms with E-state index in [1.807, 2.05) is 0 Å². The second-order valence-electron chi connectivity index (χ2n) is 32.6. The summed E-state index contributed by atoms with van der Waals surface area (Å²) in [6.07, 6.45) is 72.4. The molecule has 636 valence electrons. The number of phosphoric ester groups is 2. The summed E-state index contributed by atoms with van der Waals surface area (Å²) in [5.74, 6) is -0.587. The van der Waals surface area contributed by atoms with Crippen molar-refractivity contribution in [3.05, 3.63) is 0 Å². The van der Waals surface area contributed by atoms with Gasteiger partial charge in [0.05, 0.1) is 26.4 Å². The van der Waals surface area contributed by atoms with Crippen molar-refractivity contribution in [2.75, 3.05) is 39.6 Å². The Morgan fingerprint density at radius 1 is 0.252 bits per heavy atom. The highest BCUT2D eigenvalue weighted by Gasteiger charge is 2.30. The van der Waals surface area contributed by atoms with Gasteiger partial charge in [-0.2, -0.15) is 0 Å². The molecule has 0 aromatic rings. The first-order valence-corrected chi connectivity index (χ1v) is 48.5. The van der Waals surface area contributed by atoms with Crippen molar-refractivity contribution < 1.29 is 80.2 Å². The van der Waals surface area contributed by atoms with Crippen LogP contribution in [0.2, 0.25) is 0 Å². The third-order valence-electron chi connectivity index (χ3n) is 20.7. The SMILES string of the molecule is CCCCCCCCCCCCCCCCCCCCCC(=O)OC[C@H](COP(=O)(O)OC[C@@H](O)COP(=O)(O)OC[C@@H](COC(=O)CCCCCCCCCC(C)C)OC(=O)CCCCCCCCCCCCCCCCCCCCC)OC(=O)CCCCCCCCCCCCCCCCCCC(C)C. The van der Waals surface area contributed by atoms with E-state index in [1.165, 1.54) is 283 Å². The lowest BCUT2D eigenvalue weighted by Crippen LogP contribution is -2.30. The average Bonchev–Trinajstić information content (AvgIpc) is 0.902. The predicted molar refractivity (Wildman–Crippen MR) is 442 cm³/mol. The van der Waals surface area contributed by atoms with Crippen LogP contribution in [-0.4, -0.2) is 96.7 Å². The molecular formula is C88H172O17P2.